The van der Waals surface area contributed by atoms with Crippen molar-refractivity contribution in [2.75, 3.05) is 52.9 Å². The van der Waals surface area contributed by atoms with Crippen LogP contribution in [0.3, 0.4) is 0 Å². The number of aliphatic hydroxyl groups is 13. The van der Waals surface area contributed by atoms with E-state index in [-0.39, 0.29) is 29.8 Å². The summed E-state index contributed by atoms with van der Waals surface area (Å²) in [5.41, 5.74) is 12.9. The van der Waals surface area contributed by atoms with E-state index in [1.54, 1.807) is 49.4 Å². The van der Waals surface area contributed by atoms with Crippen molar-refractivity contribution in [1.29, 1.82) is 0 Å². The van der Waals surface area contributed by atoms with Gasteiger partial charge in [0.05, 0.1) is 39.0 Å². The monoisotopic (exact) mass is 1450 g/mol. The maximum Gasteiger partial charge on any atom is 0.346 e. The fourth-order valence-electron chi connectivity index (χ4n) is 12.9. The van der Waals surface area contributed by atoms with Gasteiger partial charge in [0.25, 0.3) is 0 Å². The van der Waals surface area contributed by atoms with Gasteiger partial charge in [0.2, 0.25) is 48.0 Å². The Balaban J connectivity index is 0.902. The number of rotatable bonds is 21. The lowest BCUT2D eigenvalue weighted by Crippen LogP contribution is -2.68. The summed E-state index contributed by atoms with van der Waals surface area (Å²) in [4.78, 5) is 91.8. The van der Waals surface area contributed by atoms with Crippen molar-refractivity contribution in [3.05, 3.63) is 108 Å². The average Bonchev–Trinajstić information content (AvgIpc) is 1.70. The number of guanidine groups is 2. The molecule has 0 aromatic heterocycles. The zero-order valence-electron chi connectivity index (χ0n) is 55.2. The molecule has 25 atom stereocenters. The molecule has 0 bridgehead atoms. The zero-order chi connectivity index (χ0) is 74.1. The number of hydrogen-bond acceptors (Lipinski definition) is 31. The minimum Gasteiger partial charge on any atom is -0.468 e. The Hall–Kier alpha value is -8.62. The van der Waals surface area contributed by atoms with Crippen molar-refractivity contribution >= 4 is 58.1 Å². The van der Waals surface area contributed by atoms with Crippen molar-refractivity contribution in [2.24, 2.45) is 16.5 Å². The second-order valence-corrected chi connectivity index (χ2v) is 25.5. The lowest BCUT2D eigenvalue weighted by molar-refractivity contribution is -0.663. The molecule has 6 aliphatic rings. The van der Waals surface area contributed by atoms with Gasteiger partial charge in [0, 0.05) is 18.9 Å². The SMILES string of the molecule is C[C@H](c1ccccc1)C1NC(=O)CNC(=O)C(CO)NC(=O)[C@@H]([C@H](O)[C@@H]2CNC(N)=[N+]2[C@@H]2O[C@@H](CO)[C@H](O)[C@H](O)[C@@H]2O)NC(=O)[C@H]([C@H](O)[C@@H]2CNC(N)=N2)NC(=O)[C@@H](Cc2ccc(O[C@@H]3O[C@H](CO)[C@H](O[C@@H]4O[C@@H](CO)[C@H](O)[C@H](OCOc5ccc6ccccc6c5)[C@@H]4O)[C@@H](O)[C@H]3O)cc2)NC1=O. The molecule has 6 aliphatic heterocycles. The van der Waals surface area contributed by atoms with Crippen LogP contribution in [0.15, 0.2) is 102 Å². The van der Waals surface area contributed by atoms with Crippen LogP contribution >= 0.6 is 0 Å². The summed E-state index contributed by atoms with van der Waals surface area (Å²) >= 11 is 0. The molecule has 6 heterocycles. The Kier molecular flexibility index (Phi) is 25.7. The summed E-state index contributed by atoms with van der Waals surface area (Å²) in [5.74, 6) is -8.46. The molecule has 0 aliphatic carbocycles. The van der Waals surface area contributed by atoms with E-state index in [4.69, 9.17) is 44.6 Å². The molecule has 38 heteroatoms. The number of carbonyl (C=O) groups excluding carboxylic acids is 6. The van der Waals surface area contributed by atoms with Gasteiger partial charge in [-0.1, -0.05) is 79.7 Å². The van der Waals surface area contributed by atoms with E-state index < -0.39 is 241 Å². The number of nitrogens with one attached hydrogen (secondary N) is 8. The molecule has 2 unspecified atom stereocenters. The van der Waals surface area contributed by atoms with Gasteiger partial charge in [-0.25, -0.2) is 9.57 Å². The van der Waals surface area contributed by atoms with E-state index in [2.05, 4.69) is 47.5 Å². The van der Waals surface area contributed by atoms with E-state index in [0.29, 0.717) is 11.3 Å². The molecule has 562 valence electrons. The number of carbonyl (C=O) groups is 6. The highest BCUT2D eigenvalue weighted by Crippen LogP contribution is 2.33. The van der Waals surface area contributed by atoms with Crippen molar-refractivity contribution in [2.45, 2.75) is 166 Å². The molecule has 4 aromatic carbocycles. The quantitative estimate of drug-likeness (QED) is 0.0272. The molecule has 103 heavy (non-hydrogen) atoms. The van der Waals surface area contributed by atoms with Crippen LogP contribution in [0.2, 0.25) is 0 Å². The Bertz CT molecular complexity index is 3660. The van der Waals surface area contributed by atoms with Crippen molar-refractivity contribution in [1.82, 2.24) is 42.5 Å². The molecule has 10 rings (SSSR count). The molecule has 0 spiro atoms. The van der Waals surface area contributed by atoms with Crippen LogP contribution in [-0.4, -0.2) is 318 Å². The third-order valence-corrected chi connectivity index (χ3v) is 18.8. The number of fused-ring (bicyclic) bond motifs is 1. The van der Waals surface area contributed by atoms with Crippen LogP contribution in [0.25, 0.3) is 10.8 Å². The lowest BCUT2D eigenvalue weighted by Gasteiger charge is -2.46. The molecule has 4 aromatic rings. The van der Waals surface area contributed by atoms with Crippen LogP contribution in [-0.2, 0) is 58.9 Å². The van der Waals surface area contributed by atoms with Gasteiger partial charge in [-0.15, -0.1) is 0 Å². The van der Waals surface area contributed by atoms with Crippen LogP contribution in [0.4, 0.5) is 0 Å². The summed E-state index contributed by atoms with van der Waals surface area (Å²) in [5, 5.41) is 165. The van der Waals surface area contributed by atoms with E-state index >= 15 is 9.59 Å². The van der Waals surface area contributed by atoms with Crippen molar-refractivity contribution in [3.63, 3.8) is 0 Å². The van der Waals surface area contributed by atoms with E-state index in [0.717, 1.165) is 15.3 Å². The molecule has 4 fully saturated rings. The minimum atomic E-state index is -2.34. The number of nitrogens with two attached hydrogens (primary N) is 2. The zero-order valence-corrected chi connectivity index (χ0v) is 55.2. The summed E-state index contributed by atoms with van der Waals surface area (Å²) in [7, 11) is 0. The highest BCUT2D eigenvalue weighted by Gasteiger charge is 2.55. The van der Waals surface area contributed by atoms with Crippen LogP contribution in [0.5, 0.6) is 11.5 Å². The molecule has 38 nitrogen and oxygen atoms in total. The summed E-state index contributed by atoms with van der Waals surface area (Å²) < 4.78 is 41.6. The largest absolute Gasteiger partial charge is 0.468 e. The van der Waals surface area contributed by atoms with Gasteiger partial charge in [-0.3, -0.25) is 39.8 Å². The molecular formula is C65H87N12O26+. The highest BCUT2D eigenvalue weighted by atomic mass is 16.7. The fraction of sp³-hybridized carbons (Fsp3) is 0.538. The van der Waals surface area contributed by atoms with Gasteiger partial charge in [-0.05, 0) is 46.2 Å². The summed E-state index contributed by atoms with van der Waals surface area (Å²) in [6, 6.07) is 13.6. The second kappa shape index (κ2) is 34.3. The first-order chi connectivity index (χ1) is 49.3. The third kappa shape index (κ3) is 17.6. The molecule has 4 saturated heterocycles. The van der Waals surface area contributed by atoms with Crippen molar-refractivity contribution in [3.8, 4) is 11.5 Å². The maximum absolute atomic E-state index is 15.2. The smallest absolute Gasteiger partial charge is 0.346 e. The Labute approximate surface area is 586 Å². The number of ether oxygens (including phenoxy) is 7. The van der Waals surface area contributed by atoms with Gasteiger partial charge in [0.1, 0.15) is 140 Å². The molecule has 25 N–H and O–H groups in total. The first kappa shape index (κ1) is 77.0. The minimum absolute atomic E-state index is 0.0706. The lowest BCUT2D eigenvalue weighted by atomic mass is 9.92. The molecule has 6 amide bonds. The first-order valence-corrected chi connectivity index (χ1v) is 33.0. The molecule has 0 saturated carbocycles. The van der Waals surface area contributed by atoms with Gasteiger partial charge in [-0.2, -0.15) is 0 Å². The maximum atomic E-state index is 15.2. The van der Waals surface area contributed by atoms with E-state index in [1.165, 1.54) is 24.3 Å². The predicted octanol–water partition coefficient (Wildman–Crippen LogP) is -11.1. The normalized spacial score (nSPS) is 34.5. The number of hydrogen-bond donors (Lipinski definition) is 23. The molecular weight excluding hydrogens is 1360 g/mol. The van der Waals surface area contributed by atoms with E-state index in [1.807, 2.05) is 30.3 Å². The number of aliphatic hydroxyl groups excluding tert-OH is 13. The molecule has 0 radical (unpaired) electrons. The number of benzene rings is 4. The number of amides is 6. The van der Waals surface area contributed by atoms with Crippen molar-refractivity contribution < 1.29 is 133 Å². The summed E-state index contributed by atoms with van der Waals surface area (Å²) in [6.07, 6.45) is -31.1. The predicted molar refractivity (Wildman–Crippen MR) is 351 cm³/mol. The van der Waals surface area contributed by atoms with Gasteiger partial charge >= 0.3 is 5.96 Å². The second-order valence-electron chi connectivity index (χ2n) is 25.5. The van der Waals surface area contributed by atoms with Crippen LogP contribution < -0.4 is 63.5 Å². The van der Waals surface area contributed by atoms with Crippen LogP contribution in [0.1, 0.15) is 24.0 Å². The highest BCUT2D eigenvalue weighted by molar-refractivity contribution is 5.98. The van der Waals surface area contributed by atoms with Gasteiger partial charge < -0.3 is 142 Å². The average molecular weight is 1450 g/mol. The van der Waals surface area contributed by atoms with Crippen LogP contribution in [0, 0.1) is 0 Å². The first-order valence-electron chi connectivity index (χ1n) is 33.0. The third-order valence-electron chi connectivity index (χ3n) is 18.8. The standard InChI is InChI=1S/C65H86N12O26/c1-27(29-7-3-2-4-8-29)42-58(94)71-34(17-28-11-14-32(15-12-28)99-62-52(90)50(88)54(40(25-81)102-62)103-63-53(91)55(48(86)39(24-80)101-63)98-26-97-33-16-13-30-9-5-6-10-31(30)18-33)57(93)75-43(45(83)35-19-69-64(66)73-35)60(96)76-44(59(95)72-36(22-78)56(92)68-21-41(82)74-42)46(84)37-20-70-65(67)77(37)61-51(89)49(87)47(85)38(23-79)100-61/h2-16,18,27,34-40,42-55,61-63,78-81,83-91H,17,19-26H2,1H3,(H11,66,67,68,69,70,71,72,73,74,75,76,82,92,93,94,95,96)/p+1/t27-,34-,35+,36?,37+,38+,39+,40-,42?,43+,44-,45-,46-,47+,48+,49+,50+,51+,52-,53+,54+,55+,61-,62-,63+/m1/s1. The topological polar surface area (TPSA) is 594 Å². The summed E-state index contributed by atoms with van der Waals surface area (Å²) in [6.45, 7) is -4.24. The Morgan fingerprint density at radius 1 is 0.553 bits per heavy atom. The fourth-order valence-corrected chi connectivity index (χ4v) is 12.9. The number of aliphatic imine (C=N–C) groups is 1. The number of nitrogens with zero attached hydrogens (tertiary/aromatic N) is 2. The Morgan fingerprint density at radius 3 is 1.85 bits per heavy atom. The van der Waals surface area contributed by atoms with E-state index in [9.17, 15) is 85.6 Å². The Morgan fingerprint density at radius 2 is 1.17 bits per heavy atom. The van der Waals surface area contributed by atoms with Gasteiger partial charge in [0.15, 0.2) is 19.0 Å².